The summed E-state index contributed by atoms with van der Waals surface area (Å²) in [5.41, 5.74) is -1.55. The molecule has 1 aliphatic heterocycles. The van der Waals surface area contributed by atoms with E-state index in [0.717, 1.165) is 19.3 Å². The average molecular weight is 417 g/mol. The molecule has 1 heterocycles. The van der Waals surface area contributed by atoms with Gasteiger partial charge in [-0.05, 0) is 18.8 Å². The Morgan fingerprint density at radius 3 is 2.03 bits per heavy atom. The van der Waals surface area contributed by atoms with Gasteiger partial charge in [-0.1, -0.05) is 78.6 Å². The molecule has 1 aliphatic rings. The van der Waals surface area contributed by atoms with Crippen molar-refractivity contribution in [2.45, 2.75) is 103 Å². The second-order valence-corrected chi connectivity index (χ2v) is 8.36. The zero-order valence-electron chi connectivity index (χ0n) is 18.3. The highest BCUT2D eigenvalue weighted by Crippen LogP contribution is 2.41. The standard InChI is InChI=1S/C22H40O7/c1-4-5-6-7-8-9-10-11-12-13-14-27-20-19(29-26)21(25)28-22(20,15-17(2)3)18(24)16-23/h17-18,23-24,26H,4-16H2,1-3H3/t18-,22+/m0/s1. The zero-order chi connectivity index (χ0) is 21.7. The molecule has 0 aromatic rings. The van der Waals surface area contributed by atoms with Gasteiger partial charge in [-0.2, -0.15) is 0 Å². The minimum atomic E-state index is -1.55. The van der Waals surface area contributed by atoms with E-state index in [9.17, 15) is 15.0 Å². The lowest BCUT2D eigenvalue weighted by molar-refractivity contribution is -0.211. The van der Waals surface area contributed by atoms with Crippen LogP contribution in [0.15, 0.2) is 11.5 Å². The SMILES string of the molecule is CCCCCCCCCCCCOC1=C(OO)C(=O)O[C@]1(CC(C)C)[C@@H](O)CO. The first-order valence-corrected chi connectivity index (χ1v) is 11.1. The Kier molecular flexibility index (Phi) is 12.3. The summed E-state index contributed by atoms with van der Waals surface area (Å²) in [5, 5.41) is 29.0. The number of carbonyl (C=O) groups excluding carboxylic acids is 1. The van der Waals surface area contributed by atoms with Crippen LogP contribution >= 0.6 is 0 Å². The average Bonchev–Trinajstić information content (AvgIpc) is 2.96. The highest BCUT2D eigenvalue weighted by Gasteiger charge is 2.56. The number of hydrogen-bond acceptors (Lipinski definition) is 7. The molecular formula is C22H40O7. The molecule has 7 nitrogen and oxygen atoms in total. The van der Waals surface area contributed by atoms with Gasteiger partial charge >= 0.3 is 5.97 Å². The van der Waals surface area contributed by atoms with Crippen molar-refractivity contribution in [1.82, 2.24) is 0 Å². The van der Waals surface area contributed by atoms with Crippen molar-refractivity contribution in [2.24, 2.45) is 5.92 Å². The maximum Gasteiger partial charge on any atom is 0.382 e. The van der Waals surface area contributed by atoms with Crippen LogP contribution in [-0.4, -0.2) is 46.4 Å². The number of unbranched alkanes of at least 4 members (excludes halogenated alkanes) is 9. The number of carbonyl (C=O) groups is 1. The van der Waals surface area contributed by atoms with Crippen LogP contribution in [0.2, 0.25) is 0 Å². The van der Waals surface area contributed by atoms with Crippen molar-refractivity contribution < 1.29 is 34.6 Å². The Labute approximate surface area is 175 Å². The van der Waals surface area contributed by atoms with Gasteiger partial charge in [0, 0.05) is 0 Å². The fourth-order valence-electron chi connectivity index (χ4n) is 3.82. The second kappa shape index (κ2) is 13.8. The van der Waals surface area contributed by atoms with E-state index in [2.05, 4.69) is 11.8 Å². The molecule has 170 valence electrons. The number of ether oxygens (including phenoxy) is 2. The normalized spacial score (nSPS) is 20.3. The van der Waals surface area contributed by atoms with Crippen molar-refractivity contribution in [3.05, 3.63) is 11.5 Å². The van der Waals surface area contributed by atoms with Crippen LogP contribution in [0.25, 0.3) is 0 Å². The molecular weight excluding hydrogens is 376 g/mol. The summed E-state index contributed by atoms with van der Waals surface area (Å²) in [7, 11) is 0. The summed E-state index contributed by atoms with van der Waals surface area (Å²) in [6.45, 7) is 5.73. The quantitative estimate of drug-likeness (QED) is 0.140. The zero-order valence-corrected chi connectivity index (χ0v) is 18.3. The van der Waals surface area contributed by atoms with E-state index in [1.165, 1.54) is 44.9 Å². The van der Waals surface area contributed by atoms with E-state index in [4.69, 9.17) is 14.7 Å². The predicted molar refractivity (Wildman–Crippen MR) is 110 cm³/mol. The van der Waals surface area contributed by atoms with Crippen molar-refractivity contribution in [3.8, 4) is 0 Å². The Balaban J connectivity index is 2.51. The lowest BCUT2D eigenvalue weighted by Gasteiger charge is -2.34. The van der Waals surface area contributed by atoms with Gasteiger partial charge in [0.25, 0.3) is 5.76 Å². The van der Waals surface area contributed by atoms with E-state index >= 15 is 0 Å². The lowest BCUT2D eigenvalue weighted by atomic mass is 9.85. The van der Waals surface area contributed by atoms with E-state index in [1.54, 1.807) is 0 Å². The summed E-state index contributed by atoms with van der Waals surface area (Å²) >= 11 is 0. The second-order valence-electron chi connectivity index (χ2n) is 8.36. The molecule has 0 saturated carbocycles. The number of aliphatic hydroxyl groups is 2. The fourth-order valence-corrected chi connectivity index (χ4v) is 3.82. The maximum absolute atomic E-state index is 12.1. The van der Waals surface area contributed by atoms with Gasteiger partial charge in [-0.25, -0.2) is 10.1 Å². The molecule has 0 fully saturated rings. The number of rotatable bonds is 17. The minimum Gasteiger partial charge on any atom is -0.490 e. The molecule has 0 spiro atoms. The molecule has 0 amide bonds. The van der Waals surface area contributed by atoms with Crippen LogP contribution in [0.4, 0.5) is 0 Å². The summed E-state index contributed by atoms with van der Waals surface area (Å²) in [5.74, 6) is -1.35. The monoisotopic (exact) mass is 416 g/mol. The molecule has 0 aromatic heterocycles. The summed E-state index contributed by atoms with van der Waals surface area (Å²) < 4.78 is 11.1. The van der Waals surface area contributed by atoms with Crippen molar-refractivity contribution in [2.75, 3.05) is 13.2 Å². The van der Waals surface area contributed by atoms with Gasteiger partial charge in [0.2, 0.25) is 5.60 Å². The number of esters is 1. The molecule has 7 heteroatoms. The molecule has 0 aliphatic carbocycles. The van der Waals surface area contributed by atoms with Gasteiger partial charge in [-0.15, -0.1) is 0 Å². The third-order valence-electron chi connectivity index (χ3n) is 5.31. The van der Waals surface area contributed by atoms with Gasteiger partial charge in [0.05, 0.1) is 13.2 Å². The van der Waals surface area contributed by atoms with Crippen molar-refractivity contribution in [1.29, 1.82) is 0 Å². The lowest BCUT2D eigenvalue weighted by Crippen LogP contribution is -2.48. The van der Waals surface area contributed by atoms with E-state index in [0.29, 0.717) is 6.61 Å². The Hall–Kier alpha value is -1.31. The summed E-state index contributed by atoms with van der Waals surface area (Å²) in [6.07, 6.45) is 10.7. The first-order chi connectivity index (χ1) is 13.9. The van der Waals surface area contributed by atoms with Crippen LogP contribution in [0.3, 0.4) is 0 Å². The van der Waals surface area contributed by atoms with Crippen molar-refractivity contribution in [3.63, 3.8) is 0 Å². The van der Waals surface area contributed by atoms with Crippen LogP contribution in [0.5, 0.6) is 0 Å². The largest absolute Gasteiger partial charge is 0.490 e. The number of cyclic esters (lactones) is 1. The fraction of sp³-hybridized carbons (Fsp3) is 0.864. The summed E-state index contributed by atoms with van der Waals surface area (Å²) in [4.78, 5) is 16.3. The highest BCUT2D eigenvalue weighted by molar-refractivity contribution is 5.90. The van der Waals surface area contributed by atoms with E-state index in [-0.39, 0.29) is 18.1 Å². The van der Waals surface area contributed by atoms with Crippen LogP contribution in [-0.2, 0) is 19.2 Å². The molecule has 0 bridgehead atoms. The molecule has 29 heavy (non-hydrogen) atoms. The third-order valence-corrected chi connectivity index (χ3v) is 5.31. The Morgan fingerprint density at radius 2 is 1.55 bits per heavy atom. The van der Waals surface area contributed by atoms with Gasteiger partial charge in [0.15, 0.2) is 5.76 Å². The predicted octanol–water partition coefficient (Wildman–Crippen LogP) is 4.32. The summed E-state index contributed by atoms with van der Waals surface area (Å²) in [6, 6.07) is 0. The molecule has 3 N–H and O–H groups in total. The third kappa shape index (κ3) is 7.79. The number of aliphatic hydroxyl groups excluding tert-OH is 2. The molecule has 0 aromatic carbocycles. The van der Waals surface area contributed by atoms with Gasteiger partial charge < -0.3 is 24.6 Å². The molecule has 2 atom stereocenters. The first-order valence-electron chi connectivity index (χ1n) is 11.1. The number of hydrogen-bond donors (Lipinski definition) is 3. The van der Waals surface area contributed by atoms with Gasteiger partial charge in [-0.3, -0.25) is 0 Å². The van der Waals surface area contributed by atoms with Crippen LogP contribution < -0.4 is 0 Å². The first kappa shape index (κ1) is 25.7. The smallest absolute Gasteiger partial charge is 0.382 e. The molecule has 1 rings (SSSR count). The minimum absolute atomic E-state index is 0.0313. The molecule has 0 unspecified atom stereocenters. The topological polar surface area (TPSA) is 105 Å². The van der Waals surface area contributed by atoms with Gasteiger partial charge in [0.1, 0.15) is 6.10 Å². The van der Waals surface area contributed by atoms with Crippen molar-refractivity contribution >= 4 is 5.97 Å². The van der Waals surface area contributed by atoms with Crippen LogP contribution in [0, 0.1) is 5.92 Å². The molecule has 0 saturated heterocycles. The van der Waals surface area contributed by atoms with Crippen LogP contribution in [0.1, 0.15) is 91.4 Å². The molecule has 0 radical (unpaired) electrons. The van der Waals surface area contributed by atoms with E-state index < -0.39 is 30.0 Å². The maximum atomic E-state index is 12.1. The van der Waals surface area contributed by atoms with E-state index in [1.807, 2.05) is 13.8 Å². The Bertz CT molecular complexity index is 503. The highest BCUT2D eigenvalue weighted by atomic mass is 17.1. The Morgan fingerprint density at radius 1 is 1.00 bits per heavy atom.